The fraction of sp³-hybridized carbons (Fsp3) is 0.308. The summed E-state index contributed by atoms with van der Waals surface area (Å²) >= 11 is 0. The summed E-state index contributed by atoms with van der Waals surface area (Å²) in [6.45, 7) is 1.47. The Labute approximate surface area is 117 Å². The second-order valence-corrected chi connectivity index (χ2v) is 6.18. The lowest BCUT2D eigenvalue weighted by Crippen LogP contribution is -2.40. The molecule has 0 aliphatic carbocycles. The topological polar surface area (TPSA) is 86.7 Å². The predicted octanol–water partition coefficient (Wildman–Crippen LogP) is -0.529. The summed E-state index contributed by atoms with van der Waals surface area (Å²) in [5, 5.41) is 10.3. The van der Waals surface area contributed by atoms with E-state index in [1.165, 1.54) is 22.5 Å². The average Bonchev–Trinajstić information content (AvgIpc) is 2.46. The van der Waals surface area contributed by atoms with Crippen LogP contribution in [0.5, 0.6) is 0 Å². The summed E-state index contributed by atoms with van der Waals surface area (Å²) in [4.78, 5) is 10.5. The van der Waals surface area contributed by atoms with E-state index in [0.717, 1.165) is 6.08 Å². The van der Waals surface area contributed by atoms with Gasteiger partial charge in [0, 0.05) is 13.1 Å². The first-order valence-electron chi connectivity index (χ1n) is 6.07. The monoisotopic (exact) mass is 296 g/mol. The van der Waals surface area contributed by atoms with Crippen LogP contribution in [0.25, 0.3) is 6.08 Å². The van der Waals surface area contributed by atoms with Crippen molar-refractivity contribution in [1.29, 1.82) is 0 Å². The molecule has 1 aromatic rings. The van der Waals surface area contributed by atoms with E-state index in [4.69, 9.17) is 4.74 Å². The number of nitrogens with zero attached hydrogens (tertiary/aromatic N) is 1. The lowest BCUT2D eigenvalue weighted by molar-refractivity contribution is -0.297. The molecule has 0 spiro atoms. The summed E-state index contributed by atoms with van der Waals surface area (Å²) in [6, 6.07) is 6.01. The molecule has 2 rings (SSSR count). The van der Waals surface area contributed by atoms with Gasteiger partial charge in [-0.2, -0.15) is 4.31 Å². The van der Waals surface area contributed by atoms with Crippen LogP contribution >= 0.6 is 0 Å². The zero-order chi connectivity index (χ0) is 14.6. The maximum Gasteiger partial charge on any atom is 0.243 e. The number of rotatable bonds is 4. The minimum absolute atomic E-state index is 0.185. The smallest absolute Gasteiger partial charge is 0.243 e. The van der Waals surface area contributed by atoms with Gasteiger partial charge in [-0.05, 0) is 23.8 Å². The molecule has 20 heavy (non-hydrogen) atoms. The number of benzene rings is 1. The van der Waals surface area contributed by atoms with E-state index >= 15 is 0 Å². The zero-order valence-electron chi connectivity index (χ0n) is 10.7. The number of ether oxygens (including phenoxy) is 1. The Morgan fingerprint density at radius 2 is 1.80 bits per heavy atom. The van der Waals surface area contributed by atoms with Gasteiger partial charge in [-0.25, -0.2) is 8.42 Å². The number of carbonyl (C=O) groups is 1. The number of morpholine rings is 1. The molecule has 0 saturated carbocycles. The largest absolute Gasteiger partial charge is 0.545 e. The van der Waals surface area contributed by atoms with Crippen molar-refractivity contribution < 1.29 is 23.1 Å². The molecule has 0 N–H and O–H groups in total. The third-order valence-electron chi connectivity index (χ3n) is 2.90. The van der Waals surface area contributed by atoms with Crippen molar-refractivity contribution in [2.45, 2.75) is 4.90 Å². The maximum absolute atomic E-state index is 12.3. The molecule has 1 heterocycles. The molecule has 0 atom stereocenters. The van der Waals surface area contributed by atoms with Gasteiger partial charge < -0.3 is 14.6 Å². The minimum atomic E-state index is -3.51. The second kappa shape index (κ2) is 6.17. The van der Waals surface area contributed by atoms with Crippen molar-refractivity contribution in [3.05, 3.63) is 35.9 Å². The first-order chi connectivity index (χ1) is 9.50. The van der Waals surface area contributed by atoms with Crippen molar-refractivity contribution in [1.82, 2.24) is 4.31 Å². The molecular formula is C13H14NO5S-. The van der Waals surface area contributed by atoms with Crippen LogP contribution in [0, 0.1) is 0 Å². The molecule has 1 aliphatic heterocycles. The van der Waals surface area contributed by atoms with Gasteiger partial charge in [0.25, 0.3) is 0 Å². The number of carboxylic acid groups (broad SMARTS) is 1. The molecule has 108 valence electrons. The third-order valence-corrected chi connectivity index (χ3v) is 4.81. The standard InChI is InChI=1S/C13H15NO5S/c15-13(16)6-3-11-1-4-12(5-2-11)20(17,18)14-7-9-19-10-8-14/h1-6H,7-10H2,(H,15,16)/p-1. The van der Waals surface area contributed by atoms with E-state index in [-0.39, 0.29) is 4.90 Å². The normalized spacial score (nSPS) is 17.4. The first-order valence-corrected chi connectivity index (χ1v) is 7.51. The molecule has 0 unspecified atom stereocenters. The molecule has 6 nitrogen and oxygen atoms in total. The van der Waals surface area contributed by atoms with Gasteiger partial charge in [0.15, 0.2) is 0 Å². The highest BCUT2D eigenvalue weighted by Crippen LogP contribution is 2.18. The summed E-state index contributed by atoms with van der Waals surface area (Å²) < 4.78 is 31.1. The highest BCUT2D eigenvalue weighted by molar-refractivity contribution is 7.89. The number of hydrogen-bond donors (Lipinski definition) is 0. The molecule has 1 aliphatic rings. The number of carbonyl (C=O) groups excluding carboxylic acids is 1. The molecule has 7 heteroatoms. The molecule has 1 fully saturated rings. The van der Waals surface area contributed by atoms with Gasteiger partial charge in [-0.15, -0.1) is 0 Å². The van der Waals surface area contributed by atoms with Crippen LogP contribution < -0.4 is 5.11 Å². The van der Waals surface area contributed by atoms with Crippen LogP contribution in [0.15, 0.2) is 35.2 Å². The van der Waals surface area contributed by atoms with Gasteiger partial charge in [-0.1, -0.05) is 18.2 Å². The van der Waals surface area contributed by atoms with Crippen molar-refractivity contribution in [3.63, 3.8) is 0 Å². The Morgan fingerprint density at radius 1 is 1.20 bits per heavy atom. The van der Waals surface area contributed by atoms with Crippen LogP contribution in [0.1, 0.15) is 5.56 Å². The molecule has 1 aromatic carbocycles. The third kappa shape index (κ3) is 3.44. The molecule has 0 amide bonds. The van der Waals surface area contributed by atoms with Gasteiger partial charge in [0.1, 0.15) is 0 Å². The first kappa shape index (κ1) is 14.7. The highest BCUT2D eigenvalue weighted by atomic mass is 32.2. The Hall–Kier alpha value is -1.70. The van der Waals surface area contributed by atoms with Crippen molar-refractivity contribution in [2.75, 3.05) is 26.3 Å². The number of sulfonamides is 1. The minimum Gasteiger partial charge on any atom is -0.545 e. The van der Waals surface area contributed by atoms with E-state index < -0.39 is 16.0 Å². The summed E-state index contributed by atoms with van der Waals surface area (Å²) in [7, 11) is -3.51. The fourth-order valence-electron chi connectivity index (χ4n) is 1.85. The molecule has 0 radical (unpaired) electrons. The lowest BCUT2D eigenvalue weighted by Gasteiger charge is -2.26. The van der Waals surface area contributed by atoms with E-state index in [1.54, 1.807) is 12.1 Å². The Kier molecular flexibility index (Phi) is 4.53. The summed E-state index contributed by atoms with van der Waals surface area (Å²) in [6.07, 6.45) is 2.24. The van der Waals surface area contributed by atoms with Gasteiger partial charge in [-0.3, -0.25) is 0 Å². The van der Waals surface area contributed by atoms with Gasteiger partial charge >= 0.3 is 0 Å². The van der Waals surface area contributed by atoms with Crippen LogP contribution in [-0.2, 0) is 19.6 Å². The number of aliphatic carboxylic acids is 1. The van der Waals surface area contributed by atoms with Gasteiger partial charge in [0.05, 0.1) is 24.1 Å². The van der Waals surface area contributed by atoms with Crippen LogP contribution in [0.4, 0.5) is 0 Å². The Balaban J connectivity index is 2.18. The van der Waals surface area contributed by atoms with Crippen LogP contribution in [-0.4, -0.2) is 45.0 Å². The van der Waals surface area contributed by atoms with E-state index in [1.807, 2.05) is 0 Å². The fourth-order valence-corrected chi connectivity index (χ4v) is 3.26. The van der Waals surface area contributed by atoms with Crippen molar-refractivity contribution in [3.8, 4) is 0 Å². The highest BCUT2D eigenvalue weighted by Gasteiger charge is 2.25. The van der Waals surface area contributed by atoms with E-state index in [2.05, 4.69) is 0 Å². The van der Waals surface area contributed by atoms with Crippen LogP contribution in [0.2, 0.25) is 0 Å². The lowest BCUT2D eigenvalue weighted by atomic mass is 10.2. The van der Waals surface area contributed by atoms with E-state index in [0.29, 0.717) is 31.9 Å². The van der Waals surface area contributed by atoms with E-state index in [9.17, 15) is 18.3 Å². The Bertz CT molecular complexity index is 600. The maximum atomic E-state index is 12.3. The average molecular weight is 296 g/mol. The van der Waals surface area contributed by atoms with Gasteiger partial charge in [0.2, 0.25) is 10.0 Å². The van der Waals surface area contributed by atoms with Crippen molar-refractivity contribution in [2.24, 2.45) is 0 Å². The summed E-state index contributed by atoms with van der Waals surface area (Å²) in [5.74, 6) is -1.30. The summed E-state index contributed by atoms with van der Waals surface area (Å²) in [5.41, 5.74) is 0.593. The Morgan fingerprint density at radius 3 is 2.35 bits per heavy atom. The molecular weight excluding hydrogens is 282 g/mol. The zero-order valence-corrected chi connectivity index (χ0v) is 11.5. The SMILES string of the molecule is O=C([O-])C=Cc1ccc(S(=O)(=O)N2CCOCC2)cc1. The number of carboxylic acids is 1. The molecule has 0 aromatic heterocycles. The number of hydrogen-bond acceptors (Lipinski definition) is 5. The predicted molar refractivity (Wildman–Crippen MR) is 70.1 cm³/mol. The van der Waals surface area contributed by atoms with Crippen LogP contribution in [0.3, 0.4) is 0 Å². The quantitative estimate of drug-likeness (QED) is 0.697. The second-order valence-electron chi connectivity index (χ2n) is 4.24. The molecule has 0 bridgehead atoms. The molecule has 1 saturated heterocycles. The van der Waals surface area contributed by atoms with Crippen molar-refractivity contribution >= 4 is 22.1 Å².